The van der Waals surface area contributed by atoms with Gasteiger partial charge in [-0.25, -0.2) is 19.7 Å². The molecule has 4 aromatic heterocycles. The van der Waals surface area contributed by atoms with Crippen molar-refractivity contribution in [3.63, 3.8) is 0 Å². The number of nitrogens with one attached hydrogen (secondary N) is 1. The summed E-state index contributed by atoms with van der Waals surface area (Å²) in [6, 6.07) is 6.60. The number of carbonyl (C=O) groups excluding carboxylic acids is 2. The quantitative estimate of drug-likeness (QED) is 0.241. The maximum atomic E-state index is 13.5. The van der Waals surface area contributed by atoms with Crippen molar-refractivity contribution in [2.24, 2.45) is 0 Å². The highest BCUT2D eigenvalue weighted by molar-refractivity contribution is 6.29. The summed E-state index contributed by atoms with van der Waals surface area (Å²) in [4.78, 5) is 71.5. The molecule has 0 unspecified atom stereocenters. The fraction of sp³-hybridized carbons (Fsp3) is 0.414. The molecule has 43 heavy (non-hydrogen) atoms. The number of methoxy groups -OCH3 is 1. The van der Waals surface area contributed by atoms with Gasteiger partial charge in [-0.05, 0) is 43.5 Å². The van der Waals surface area contributed by atoms with Gasteiger partial charge in [0, 0.05) is 57.7 Å². The highest BCUT2D eigenvalue weighted by atomic mass is 35.5. The number of pyridine rings is 2. The molecule has 1 aliphatic rings. The van der Waals surface area contributed by atoms with Crippen molar-refractivity contribution >= 4 is 40.4 Å². The summed E-state index contributed by atoms with van der Waals surface area (Å²) in [5.41, 5.74) is 0.492. The molecule has 2 amide bonds. The van der Waals surface area contributed by atoms with Crippen LogP contribution >= 0.6 is 11.6 Å². The molecule has 4 aromatic rings. The Hall–Kier alpha value is -4.36. The molecule has 14 heteroatoms. The van der Waals surface area contributed by atoms with E-state index in [1.165, 1.54) is 17.9 Å². The summed E-state index contributed by atoms with van der Waals surface area (Å²) in [6.07, 6.45) is 5.62. The van der Waals surface area contributed by atoms with Crippen molar-refractivity contribution in [2.75, 3.05) is 38.3 Å². The van der Waals surface area contributed by atoms with Crippen LogP contribution in [0.15, 0.2) is 46.2 Å². The first kappa shape index (κ1) is 30.1. The second-order valence-electron chi connectivity index (χ2n) is 10.2. The smallest absolute Gasteiger partial charge is 0.332 e. The number of rotatable bonds is 12. The number of imidazole rings is 1. The van der Waals surface area contributed by atoms with E-state index in [4.69, 9.17) is 16.3 Å². The van der Waals surface area contributed by atoms with E-state index < -0.39 is 11.2 Å². The highest BCUT2D eigenvalue weighted by Crippen LogP contribution is 2.22. The van der Waals surface area contributed by atoms with Crippen molar-refractivity contribution in [1.82, 2.24) is 34.0 Å². The molecule has 0 bridgehead atoms. The number of amides is 2. The van der Waals surface area contributed by atoms with Gasteiger partial charge in [-0.1, -0.05) is 18.5 Å². The molecule has 5 heterocycles. The van der Waals surface area contributed by atoms with Crippen LogP contribution in [0.25, 0.3) is 22.6 Å². The second-order valence-corrected chi connectivity index (χ2v) is 10.6. The summed E-state index contributed by atoms with van der Waals surface area (Å²) in [6.45, 7) is 4.26. The monoisotopic (exact) mass is 608 g/mol. The van der Waals surface area contributed by atoms with Crippen LogP contribution in [-0.2, 0) is 22.6 Å². The summed E-state index contributed by atoms with van der Waals surface area (Å²) < 4.78 is 7.72. The molecule has 1 saturated heterocycles. The second kappa shape index (κ2) is 13.3. The van der Waals surface area contributed by atoms with E-state index in [1.807, 2.05) is 11.8 Å². The summed E-state index contributed by atoms with van der Waals surface area (Å²) in [7, 11) is 1.51. The van der Waals surface area contributed by atoms with E-state index in [1.54, 1.807) is 35.4 Å². The predicted molar refractivity (Wildman–Crippen MR) is 161 cm³/mol. The van der Waals surface area contributed by atoms with E-state index >= 15 is 0 Å². The Bertz CT molecular complexity index is 1730. The number of halogens is 1. The number of ether oxygens (including phenoxy) is 1. The maximum Gasteiger partial charge on any atom is 0.332 e. The van der Waals surface area contributed by atoms with Gasteiger partial charge in [-0.15, -0.1) is 0 Å². The largest absolute Gasteiger partial charge is 0.383 e. The molecule has 0 spiro atoms. The highest BCUT2D eigenvalue weighted by Gasteiger charge is 2.23. The molecule has 0 aliphatic carbocycles. The number of hydrogen-bond donors (Lipinski definition) is 1. The predicted octanol–water partition coefficient (Wildman–Crippen LogP) is 2.71. The minimum absolute atomic E-state index is 0.122. The Kier molecular flexibility index (Phi) is 9.31. The lowest BCUT2D eigenvalue weighted by Gasteiger charge is -2.23. The number of aromatic amines is 1. The summed E-state index contributed by atoms with van der Waals surface area (Å²) >= 11 is 5.92. The number of fused-ring (bicyclic) bond motifs is 1. The van der Waals surface area contributed by atoms with E-state index in [0.717, 1.165) is 17.5 Å². The third kappa shape index (κ3) is 6.37. The van der Waals surface area contributed by atoms with E-state index in [9.17, 15) is 19.2 Å². The Morgan fingerprint density at radius 3 is 2.56 bits per heavy atom. The van der Waals surface area contributed by atoms with Gasteiger partial charge in [0.05, 0.1) is 18.7 Å². The molecule has 226 valence electrons. The third-order valence-corrected chi connectivity index (χ3v) is 7.55. The van der Waals surface area contributed by atoms with Crippen molar-refractivity contribution < 1.29 is 14.3 Å². The minimum atomic E-state index is -0.474. The Morgan fingerprint density at radius 2 is 1.91 bits per heavy atom. The maximum absolute atomic E-state index is 13.5. The van der Waals surface area contributed by atoms with Crippen LogP contribution in [0.1, 0.15) is 43.0 Å². The number of aromatic nitrogens is 6. The van der Waals surface area contributed by atoms with Crippen LogP contribution in [0.3, 0.4) is 0 Å². The molecular weight excluding hydrogens is 576 g/mol. The van der Waals surface area contributed by atoms with Crippen LogP contribution < -0.4 is 16.1 Å². The minimum Gasteiger partial charge on any atom is -0.383 e. The zero-order valence-corrected chi connectivity index (χ0v) is 24.8. The first-order chi connectivity index (χ1) is 20.8. The molecule has 1 aliphatic heterocycles. The van der Waals surface area contributed by atoms with Gasteiger partial charge >= 0.3 is 5.69 Å². The van der Waals surface area contributed by atoms with Crippen LogP contribution in [0.5, 0.6) is 0 Å². The number of nitrogens with zero attached hydrogens (tertiary/aromatic N) is 7. The van der Waals surface area contributed by atoms with Crippen molar-refractivity contribution in [1.29, 1.82) is 0 Å². The Morgan fingerprint density at radius 1 is 1.07 bits per heavy atom. The van der Waals surface area contributed by atoms with Crippen LogP contribution in [-0.4, -0.2) is 79.1 Å². The number of aryl methyl sites for hydroxylation is 1. The van der Waals surface area contributed by atoms with E-state index in [-0.39, 0.29) is 41.3 Å². The van der Waals surface area contributed by atoms with Crippen LogP contribution in [0.2, 0.25) is 5.15 Å². The molecular formula is C29H33ClN8O5. The molecule has 0 radical (unpaired) electrons. The normalized spacial score (nSPS) is 13.3. The number of hydrogen-bond acceptors (Lipinski definition) is 8. The van der Waals surface area contributed by atoms with Crippen molar-refractivity contribution in [2.45, 2.75) is 45.7 Å². The van der Waals surface area contributed by atoms with Crippen LogP contribution in [0, 0.1) is 0 Å². The number of carbonyl (C=O) groups is 2. The third-order valence-electron chi connectivity index (χ3n) is 7.33. The molecule has 1 N–H and O–H groups in total. The van der Waals surface area contributed by atoms with Gasteiger partial charge in [-0.3, -0.25) is 28.4 Å². The Balaban J connectivity index is 1.45. The Labute approximate surface area is 252 Å². The zero-order chi connectivity index (χ0) is 30.5. The average Bonchev–Trinajstić information content (AvgIpc) is 3.64. The number of H-pyrrole nitrogens is 1. The lowest BCUT2D eigenvalue weighted by atomic mass is 10.2. The number of likely N-dealkylation sites (tertiary alicyclic amines) is 1. The molecule has 0 saturated carbocycles. The van der Waals surface area contributed by atoms with Gasteiger partial charge in [-0.2, -0.15) is 0 Å². The lowest BCUT2D eigenvalue weighted by Crippen LogP contribution is -2.41. The topological polar surface area (TPSA) is 148 Å². The number of anilines is 1. The fourth-order valence-electron chi connectivity index (χ4n) is 5.13. The first-order valence-electron chi connectivity index (χ1n) is 14.2. The zero-order valence-electron chi connectivity index (χ0n) is 24.1. The van der Waals surface area contributed by atoms with Gasteiger partial charge in [0.25, 0.3) is 11.5 Å². The molecule has 0 aromatic carbocycles. The first-order valence-corrected chi connectivity index (χ1v) is 14.6. The molecule has 0 atom stereocenters. The lowest BCUT2D eigenvalue weighted by molar-refractivity contribution is -0.127. The van der Waals surface area contributed by atoms with Gasteiger partial charge in [0.2, 0.25) is 5.91 Å². The summed E-state index contributed by atoms with van der Waals surface area (Å²) in [5, 5.41) is 0.277. The van der Waals surface area contributed by atoms with Crippen LogP contribution in [0.4, 0.5) is 5.82 Å². The van der Waals surface area contributed by atoms with E-state index in [0.29, 0.717) is 61.7 Å². The summed E-state index contributed by atoms with van der Waals surface area (Å²) in [5.74, 6) is 0.591. The SMILES string of the molecule is CCCn1c(=O)n(CCOC)c(=O)c2[nH]c(-c3ccc(N(CCCN4CCCC4=O)C(=O)c4ccc(Cl)nc4)nc3)nc21. The van der Waals surface area contributed by atoms with Gasteiger partial charge in [0.15, 0.2) is 5.65 Å². The molecule has 5 rings (SSSR count). The fourth-order valence-corrected chi connectivity index (χ4v) is 5.24. The van der Waals surface area contributed by atoms with Crippen molar-refractivity contribution in [3.8, 4) is 11.4 Å². The van der Waals surface area contributed by atoms with Crippen molar-refractivity contribution in [3.05, 3.63) is 68.2 Å². The van der Waals surface area contributed by atoms with Gasteiger partial charge in [0.1, 0.15) is 22.3 Å². The van der Waals surface area contributed by atoms with E-state index in [2.05, 4.69) is 19.9 Å². The molecule has 1 fully saturated rings. The molecule has 13 nitrogen and oxygen atoms in total. The standard InChI is InChI=1S/C29H33ClN8O5/c1-3-11-37-26-24(28(41)38(29(37)42)15-16-43-2)33-25(34-26)19-8-10-22(32-17-19)36(14-5-13-35-12-4-6-23(35)39)27(40)20-7-9-21(30)31-18-20/h7-10,17-18H,3-6,11-16H2,1-2H3,(H,33,34). The van der Waals surface area contributed by atoms with Gasteiger partial charge < -0.3 is 14.6 Å². The average molecular weight is 609 g/mol.